The molecule has 0 saturated heterocycles. The van der Waals surface area contributed by atoms with Gasteiger partial charge >= 0.3 is 0 Å². The second-order valence-electron chi connectivity index (χ2n) is 3.91. The van der Waals surface area contributed by atoms with E-state index in [1.54, 1.807) is 30.6 Å². The minimum absolute atomic E-state index is 0.0733. The fraction of sp³-hybridized carbons (Fsp3) is 0. The molecule has 0 unspecified atom stereocenters. The number of phenolic OH excluding ortho intramolecular Hbond substituents is 1. The Kier molecular flexibility index (Phi) is 2.34. The minimum Gasteiger partial charge on any atom is -0.508 e. The number of carbonyl (C=O) groups is 1. The number of ether oxygens (including phenoxy) is 1. The summed E-state index contributed by atoms with van der Waals surface area (Å²) in [6.45, 7) is 0. The molecule has 0 spiro atoms. The monoisotopic (exact) mass is 239 g/mol. The first kappa shape index (κ1) is 10.5. The number of aromatic nitrogens is 1. The van der Waals surface area contributed by atoms with Gasteiger partial charge in [-0.25, -0.2) is 0 Å². The molecule has 1 aliphatic heterocycles. The van der Waals surface area contributed by atoms with Gasteiger partial charge < -0.3 is 9.84 Å². The van der Waals surface area contributed by atoms with Crippen molar-refractivity contribution in [3.63, 3.8) is 0 Å². The smallest absolute Gasteiger partial charge is 0.231 e. The van der Waals surface area contributed by atoms with Gasteiger partial charge in [0.05, 0.1) is 5.56 Å². The average molecular weight is 239 g/mol. The Morgan fingerprint density at radius 1 is 1.28 bits per heavy atom. The molecule has 0 saturated carbocycles. The molecule has 0 bridgehead atoms. The normalized spacial score (nSPS) is 15.6. The predicted molar refractivity (Wildman–Crippen MR) is 65.3 cm³/mol. The first-order valence-corrected chi connectivity index (χ1v) is 5.41. The van der Waals surface area contributed by atoms with Crippen LogP contribution in [0.5, 0.6) is 11.5 Å². The van der Waals surface area contributed by atoms with E-state index >= 15 is 0 Å². The zero-order chi connectivity index (χ0) is 12.5. The van der Waals surface area contributed by atoms with Crippen LogP contribution in [0.2, 0.25) is 0 Å². The lowest BCUT2D eigenvalue weighted by molar-refractivity contribution is 0.101. The number of nitrogens with zero attached hydrogens (tertiary/aromatic N) is 1. The molecule has 2 heterocycles. The molecule has 4 heteroatoms. The highest BCUT2D eigenvalue weighted by Gasteiger charge is 2.27. The topological polar surface area (TPSA) is 59.4 Å². The number of fused-ring (bicyclic) bond motifs is 1. The zero-order valence-electron chi connectivity index (χ0n) is 9.33. The average Bonchev–Trinajstić information content (AvgIpc) is 2.67. The number of aromatic hydroxyl groups is 1. The van der Waals surface area contributed by atoms with Crippen LogP contribution >= 0.6 is 0 Å². The molecule has 0 radical (unpaired) electrons. The third-order valence-electron chi connectivity index (χ3n) is 2.64. The van der Waals surface area contributed by atoms with Crippen LogP contribution in [-0.2, 0) is 0 Å². The van der Waals surface area contributed by atoms with Crippen molar-refractivity contribution in [2.45, 2.75) is 0 Å². The van der Waals surface area contributed by atoms with Crippen molar-refractivity contribution in [1.29, 1.82) is 0 Å². The molecule has 0 fully saturated rings. The fourth-order valence-electron chi connectivity index (χ4n) is 1.79. The third-order valence-corrected chi connectivity index (χ3v) is 2.64. The van der Waals surface area contributed by atoms with Gasteiger partial charge in [-0.1, -0.05) is 6.07 Å². The Balaban J connectivity index is 2.00. The van der Waals surface area contributed by atoms with Crippen LogP contribution in [0.3, 0.4) is 0 Å². The van der Waals surface area contributed by atoms with E-state index in [-0.39, 0.29) is 17.3 Å². The number of benzene rings is 1. The van der Waals surface area contributed by atoms with Crippen molar-refractivity contribution in [1.82, 2.24) is 4.98 Å². The lowest BCUT2D eigenvalue weighted by Crippen LogP contribution is -1.97. The molecule has 1 aliphatic rings. The summed E-state index contributed by atoms with van der Waals surface area (Å²) < 4.78 is 5.43. The first-order valence-electron chi connectivity index (χ1n) is 5.41. The van der Waals surface area contributed by atoms with E-state index in [2.05, 4.69) is 4.98 Å². The number of rotatable bonds is 1. The Labute approximate surface area is 103 Å². The maximum Gasteiger partial charge on any atom is 0.231 e. The number of pyridine rings is 1. The highest BCUT2D eigenvalue weighted by atomic mass is 16.5. The van der Waals surface area contributed by atoms with Gasteiger partial charge in [-0.15, -0.1) is 0 Å². The van der Waals surface area contributed by atoms with Gasteiger partial charge in [-0.2, -0.15) is 0 Å². The molecule has 18 heavy (non-hydrogen) atoms. The Bertz CT molecular complexity index is 647. The molecular formula is C14H9NO3. The number of ketones is 1. The van der Waals surface area contributed by atoms with Gasteiger partial charge in [-0.05, 0) is 29.8 Å². The summed E-state index contributed by atoms with van der Waals surface area (Å²) in [4.78, 5) is 16.0. The van der Waals surface area contributed by atoms with E-state index in [9.17, 15) is 9.90 Å². The van der Waals surface area contributed by atoms with Gasteiger partial charge in [0.2, 0.25) is 5.78 Å². The summed E-state index contributed by atoms with van der Waals surface area (Å²) >= 11 is 0. The molecule has 0 atom stereocenters. The fourth-order valence-corrected chi connectivity index (χ4v) is 1.79. The van der Waals surface area contributed by atoms with Gasteiger partial charge in [0.15, 0.2) is 5.76 Å². The summed E-state index contributed by atoms with van der Waals surface area (Å²) in [7, 11) is 0. The van der Waals surface area contributed by atoms with Crippen LogP contribution in [0.15, 0.2) is 48.5 Å². The van der Waals surface area contributed by atoms with Crippen LogP contribution in [-0.4, -0.2) is 15.9 Å². The first-order chi connectivity index (χ1) is 8.74. The molecule has 1 aromatic carbocycles. The van der Waals surface area contributed by atoms with Crippen molar-refractivity contribution in [3.05, 3.63) is 59.6 Å². The third kappa shape index (κ3) is 1.73. The molecule has 0 aliphatic carbocycles. The summed E-state index contributed by atoms with van der Waals surface area (Å²) in [5, 5.41) is 9.34. The van der Waals surface area contributed by atoms with Crippen molar-refractivity contribution in [2.75, 3.05) is 0 Å². The maximum absolute atomic E-state index is 12.0. The van der Waals surface area contributed by atoms with Gasteiger partial charge in [0, 0.05) is 18.5 Å². The van der Waals surface area contributed by atoms with Gasteiger partial charge in [0.1, 0.15) is 11.5 Å². The van der Waals surface area contributed by atoms with Crippen LogP contribution in [0, 0.1) is 0 Å². The Hall–Kier alpha value is -2.62. The number of allylic oxidation sites excluding steroid dienone is 1. The summed E-state index contributed by atoms with van der Waals surface area (Å²) in [5.74, 6) is 0.511. The number of Topliss-reactive ketones (excluding diaryl/α,β-unsaturated/α-hetero) is 1. The lowest BCUT2D eigenvalue weighted by Gasteiger charge is -1.98. The molecule has 2 aromatic rings. The number of carbonyl (C=O) groups excluding carboxylic acids is 1. The van der Waals surface area contributed by atoms with E-state index < -0.39 is 0 Å². The Morgan fingerprint density at radius 2 is 2.17 bits per heavy atom. The van der Waals surface area contributed by atoms with Gasteiger partial charge in [0.25, 0.3) is 0 Å². The second kappa shape index (κ2) is 4.00. The lowest BCUT2D eigenvalue weighted by atomic mass is 10.1. The van der Waals surface area contributed by atoms with Gasteiger partial charge in [-0.3, -0.25) is 9.78 Å². The van der Waals surface area contributed by atoms with Crippen LogP contribution in [0.25, 0.3) is 6.08 Å². The van der Waals surface area contributed by atoms with E-state index in [4.69, 9.17) is 4.74 Å². The maximum atomic E-state index is 12.0. The molecular weight excluding hydrogens is 230 g/mol. The second-order valence-corrected chi connectivity index (χ2v) is 3.91. The number of hydrogen-bond donors (Lipinski definition) is 1. The predicted octanol–water partition coefficient (Wildman–Crippen LogP) is 2.40. The SMILES string of the molecule is O=C1C(=Cc2cccnc2)Oc2cc(O)ccc21. The largest absolute Gasteiger partial charge is 0.508 e. The highest BCUT2D eigenvalue weighted by Crippen LogP contribution is 2.34. The summed E-state index contributed by atoms with van der Waals surface area (Å²) in [6, 6.07) is 8.06. The number of phenols is 1. The Morgan fingerprint density at radius 3 is 2.94 bits per heavy atom. The van der Waals surface area contributed by atoms with Crippen molar-refractivity contribution >= 4 is 11.9 Å². The van der Waals surface area contributed by atoms with E-state index in [1.165, 1.54) is 12.1 Å². The molecule has 0 amide bonds. The minimum atomic E-state index is -0.186. The molecule has 88 valence electrons. The van der Waals surface area contributed by atoms with E-state index in [0.717, 1.165) is 5.56 Å². The van der Waals surface area contributed by atoms with Crippen molar-refractivity contribution in [2.24, 2.45) is 0 Å². The van der Waals surface area contributed by atoms with Crippen LogP contribution in [0.4, 0.5) is 0 Å². The zero-order valence-corrected chi connectivity index (χ0v) is 9.33. The van der Waals surface area contributed by atoms with E-state index in [1.807, 2.05) is 6.07 Å². The summed E-state index contributed by atoms with van der Waals surface area (Å²) in [6.07, 6.45) is 4.93. The highest BCUT2D eigenvalue weighted by molar-refractivity contribution is 6.14. The molecule has 1 aromatic heterocycles. The number of hydrogen-bond acceptors (Lipinski definition) is 4. The standard InChI is InChI=1S/C14H9NO3/c16-10-3-4-11-12(7-10)18-13(14(11)17)6-9-2-1-5-15-8-9/h1-8,16H. The quantitative estimate of drug-likeness (QED) is 0.776. The van der Waals surface area contributed by atoms with Crippen LogP contribution in [0.1, 0.15) is 15.9 Å². The summed E-state index contributed by atoms with van der Waals surface area (Å²) in [5.41, 5.74) is 1.25. The van der Waals surface area contributed by atoms with Crippen LogP contribution < -0.4 is 4.74 Å². The molecule has 3 rings (SSSR count). The molecule has 4 nitrogen and oxygen atoms in total. The molecule has 1 N–H and O–H groups in total. The van der Waals surface area contributed by atoms with Crippen molar-refractivity contribution in [3.8, 4) is 11.5 Å². The van der Waals surface area contributed by atoms with Crippen molar-refractivity contribution < 1.29 is 14.6 Å². The van der Waals surface area contributed by atoms with E-state index in [0.29, 0.717) is 11.3 Å².